The van der Waals surface area contributed by atoms with Crippen LogP contribution in [0.25, 0.3) is 56.1 Å². The first-order valence-corrected chi connectivity index (χ1v) is 15.6. The molecule has 0 aliphatic heterocycles. The minimum absolute atomic E-state index is 0.717. The first-order chi connectivity index (χ1) is 23.3. The number of aromatic nitrogens is 4. The predicted octanol–water partition coefficient (Wildman–Crippen LogP) is 10.5. The van der Waals surface area contributed by atoms with E-state index < -0.39 is 0 Å². The van der Waals surface area contributed by atoms with Gasteiger partial charge in [-0.05, 0) is 70.3 Å². The third-order valence-electron chi connectivity index (χ3n) is 8.17. The van der Waals surface area contributed by atoms with E-state index in [2.05, 4.69) is 94.6 Å². The minimum atomic E-state index is 0.717. The van der Waals surface area contributed by atoms with Crippen LogP contribution in [0, 0.1) is 0 Å². The molecule has 0 N–H and O–H groups in total. The molecule has 0 aliphatic rings. The molecule has 2 heterocycles. The Bertz CT molecular complexity index is 2250. The van der Waals surface area contributed by atoms with E-state index in [1.807, 2.05) is 102 Å². The first kappa shape index (κ1) is 28.0. The van der Waals surface area contributed by atoms with Gasteiger partial charge < -0.3 is 4.74 Å². The van der Waals surface area contributed by atoms with Gasteiger partial charge in [-0.25, -0.2) is 9.67 Å². The Kier molecular flexibility index (Phi) is 7.46. The van der Waals surface area contributed by atoms with Crippen LogP contribution in [0.15, 0.2) is 183 Å². The molecular formula is C42H30N4O. The molecule has 47 heavy (non-hydrogen) atoms. The van der Waals surface area contributed by atoms with Gasteiger partial charge in [-0.1, -0.05) is 109 Å². The fraction of sp³-hybridized carbons (Fsp3) is 0. The number of hydrogen-bond donors (Lipinski definition) is 0. The van der Waals surface area contributed by atoms with Crippen molar-refractivity contribution in [2.75, 3.05) is 0 Å². The van der Waals surface area contributed by atoms with E-state index in [4.69, 9.17) is 9.72 Å². The largest absolute Gasteiger partial charge is 0.457 e. The van der Waals surface area contributed by atoms with Crippen molar-refractivity contribution in [1.82, 2.24) is 19.3 Å². The molecule has 0 saturated heterocycles. The highest BCUT2D eigenvalue weighted by Crippen LogP contribution is 2.35. The highest BCUT2D eigenvalue weighted by Gasteiger charge is 2.13. The van der Waals surface area contributed by atoms with Gasteiger partial charge in [-0.3, -0.25) is 4.57 Å². The molecule has 8 rings (SSSR count). The number of nitrogens with zero attached hydrogens (tertiary/aromatic N) is 4. The van der Waals surface area contributed by atoms with E-state index in [1.54, 1.807) is 0 Å². The predicted molar refractivity (Wildman–Crippen MR) is 189 cm³/mol. The molecule has 5 nitrogen and oxygen atoms in total. The maximum atomic E-state index is 6.56. The summed E-state index contributed by atoms with van der Waals surface area (Å²) in [5.74, 6) is 2.28. The third-order valence-corrected chi connectivity index (χ3v) is 8.17. The monoisotopic (exact) mass is 606 g/mol. The molecule has 5 heteroatoms. The van der Waals surface area contributed by atoms with Crippen molar-refractivity contribution >= 4 is 0 Å². The van der Waals surface area contributed by atoms with Crippen molar-refractivity contribution in [2.24, 2.45) is 0 Å². The van der Waals surface area contributed by atoms with Crippen LogP contribution < -0.4 is 4.74 Å². The lowest BCUT2D eigenvalue weighted by molar-refractivity contribution is 0.482. The fourth-order valence-electron chi connectivity index (χ4n) is 5.82. The minimum Gasteiger partial charge on any atom is -0.457 e. The number of hydrogen-bond acceptors (Lipinski definition) is 3. The summed E-state index contributed by atoms with van der Waals surface area (Å²) in [5.41, 5.74) is 9.62. The molecule has 0 saturated carbocycles. The maximum absolute atomic E-state index is 6.56. The van der Waals surface area contributed by atoms with E-state index in [0.717, 1.165) is 50.8 Å². The zero-order valence-electron chi connectivity index (χ0n) is 25.5. The highest BCUT2D eigenvalue weighted by molar-refractivity contribution is 5.74. The molecule has 0 spiro atoms. The van der Waals surface area contributed by atoms with E-state index >= 15 is 0 Å². The second-order valence-corrected chi connectivity index (χ2v) is 11.3. The van der Waals surface area contributed by atoms with Crippen LogP contribution in [0.2, 0.25) is 0 Å². The molecule has 0 bridgehead atoms. The SMILES string of the molecule is c1ccc(-c2ccc(-c3cnn(-c4cccc(Oc5cc(-c6ccccc6)cc(-c6nccn6-c6ccccc6)c5)c4)c3)cc2)cc1. The molecule has 0 atom stereocenters. The summed E-state index contributed by atoms with van der Waals surface area (Å²) >= 11 is 0. The van der Waals surface area contributed by atoms with E-state index in [1.165, 1.54) is 11.1 Å². The van der Waals surface area contributed by atoms with Crippen molar-refractivity contribution < 1.29 is 4.74 Å². The Morgan fingerprint density at radius 3 is 1.77 bits per heavy atom. The van der Waals surface area contributed by atoms with Crippen molar-refractivity contribution in [3.63, 3.8) is 0 Å². The summed E-state index contributed by atoms with van der Waals surface area (Å²) in [6, 6.07) is 53.9. The number of imidazole rings is 1. The lowest BCUT2D eigenvalue weighted by atomic mass is 10.0. The Labute approximate surface area is 273 Å². The van der Waals surface area contributed by atoms with Crippen LogP contribution in [-0.2, 0) is 0 Å². The van der Waals surface area contributed by atoms with Crippen molar-refractivity contribution in [3.05, 3.63) is 183 Å². The summed E-state index contributed by atoms with van der Waals surface area (Å²) in [5, 5.41) is 4.68. The molecular weight excluding hydrogens is 576 g/mol. The Balaban J connectivity index is 1.09. The van der Waals surface area contributed by atoms with Gasteiger partial charge in [-0.15, -0.1) is 0 Å². The van der Waals surface area contributed by atoms with Gasteiger partial charge in [0.1, 0.15) is 17.3 Å². The molecule has 0 amide bonds. The summed E-state index contributed by atoms with van der Waals surface area (Å²) in [4.78, 5) is 4.74. The van der Waals surface area contributed by atoms with Crippen molar-refractivity contribution in [1.29, 1.82) is 0 Å². The highest BCUT2D eigenvalue weighted by atomic mass is 16.5. The Morgan fingerprint density at radius 2 is 1.04 bits per heavy atom. The van der Waals surface area contributed by atoms with Gasteiger partial charge in [0.2, 0.25) is 0 Å². The van der Waals surface area contributed by atoms with Gasteiger partial charge >= 0.3 is 0 Å². The van der Waals surface area contributed by atoms with Gasteiger partial charge in [0.25, 0.3) is 0 Å². The molecule has 6 aromatic carbocycles. The second kappa shape index (κ2) is 12.5. The average Bonchev–Trinajstić information content (AvgIpc) is 3.84. The molecule has 224 valence electrons. The number of benzene rings is 6. The Hall–Kier alpha value is -6.46. The molecule has 0 fully saturated rings. The number of ether oxygens (including phenoxy) is 1. The summed E-state index contributed by atoms with van der Waals surface area (Å²) in [6.45, 7) is 0. The van der Waals surface area contributed by atoms with Crippen LogP contribution in [0.5, 0.6) is 11.5 Å². The lowest BCUT2D eigenvalue weighted by Crippen LogP contribution is -1.97. The zero-order chi connectivity index (χ0) is 31.4. The molecule has 8 aromatic rings. The van der Waals surface area contributed by atoms with Gasteiger partial charge in [0.05, 0.1) is 11.9 Å². The zero-order valence-corrected chi connectivity index (χ0v) is 25.5. The van der Waals surface area contributed by atoms with Crippen LogP contribution in [0.1, 0.15) is 0 Å². The van der Waals surface area contributed by atoms with E-state index in [-0.39, 0.29) is 0 Å². The van der Waals surface area contributed by atoms with E-state index in [0.29, 0.717) is 5.75 Å². The standard InChI is InChI=1S/C42H30N4O/c1-4-11-31(12-5-1)33-19-21-34(22-20-33)37-29-44-46(30-37)39-17-10-18-40(28-39)47-41-26-35(32-13-6-2-7-14-32)25-36(27-41)42-43-23-24-45(42)38-15-8-3-9-16-38/h1-30H. The Morgan fingerprint density at radius 1 is 0.447 bits per heavy atom. The van der Waals surface area contributed by atoms with Gasteiger partial charge in [-0.2, -0.15) is 5.10 Å². The number of para-hydroxylation sites is 1. The van der Waals surface area contributed by atoms with Crippen LogP contribution in [0.3, 0.4) is 0 Å². The molecule has 0 radical (unpaired) electrons. The first-order valence-electron chi connectivity index (χ1n) is 15.6. The van der Waals surface area contributed by atoms with Crippen molar-refractivity contribution in [3.8, 4) is 67.6 Å². The molecule has 0 unspecified atom stereocenters. The topological polar surface area (TPSA) is 44.9 Å². The average molecular weight is 607 g/mol. The molecule has 0 aliphatic carbocycles. The fourth-order valence-corrected chi connectivity index (χ4v) is 5.82. The summed E-state index contributed by atoms with van der Waals surface area (Å²) in [7, 11) is 0. The van der Waals surface area contributed by atoms with E-state index in [9.17, 15) is 0 Å². The maximum Gasteiger partial charge on any atom is 0.144 e. The third kappa shape index (κ3) is 5.98. The summed E-state index contributed by atoms with van der Waals surface area (Å²) in [6.07, 6.45) is 7.76. The van der Waals surface area contributed by atoms with Crippen molar-refractivity contribution in [2.45, 2.75) is 0 Å². The lowest BCUT2D eigenvalue weighted by Gasteiger charge is -2.14. The van der Waals surface area contributed by atoms with Crippen LogP contribution in [-0.4, -0.2) is 19.3 Å². The van der Waals surface area contributed by atoms with Crippen LogP contribution >= 0.6 is 0 Å². The van der Waals surface area contributed by atoms with Crippen LogP contribution in [0.4, 0.5) is 0 Å². The number of rotatable bonds is 8. The normalized spacial score (nSPS) is 11.0. The quantitative estimate of drug-likeness (QED) is 0.173. The second-order valence-electron chi connectivity index (χ2n) is 11.3. The smallest absolute Gasteiger partial charge is 0.144 e. The molecule has 2 aromatic heterocycles. The van der Waals surface area contributed by atoms with Gasteiger partial charge in [0, 0.05) is 41.5 Å². The summed E-state index contributed by atoms with van der Waals surface area (Å²) < 4.78 is 10.5. The van der Waals surface area contributed by atoms with Gasteiger partial charge in [0.15, 0.2) is 0 Å².